The second kappa shape index (κ2) is 5.59. The van der Waals surface area contributed by atoms with Gasteiger partial charge in [0, 0.05) is 11.6 Å². The van der Waals surface area contributed by atoms with Crippen LogP contribution in [0.2, 0.25) is 0 Å². The van der Waals surface area contributed by atoms with Crippen molar-refractivity contribution in [2.45, 2.75) is 12.5 Å². The van der Waals surface area contributed by atoms with Crippen molar-refractivity contribution in [3.05, 3.63) is 35.1 Å². The summed E-state index contributed by atoms with van der Waals surface area (Å²) in [5.74, 6) is -3.44. The van der Waals surface area contributed by atoms with E-state index in [0.29, 0.717) is 6.07 Å². The number of nitrogens with two attached hydrogens (primary N) is 1. The number of nitrogens with zero attached hydrogens (tertiary/aromatic N) is 1. The standard InChI is InChI=1S/C9H7F3N2.ClH/c10-5-1-2-6(11)9(12)8(5)7(14)3-4-13;/h1-2,7H,3,14H2;1H/t7-;/m0./s1. The highest BCUT2D eigenvalue weighted by Crippen LogP contribution is 2.22. The van der Waals surface area contributed by atoms with Gasteiger partial charge >= 0.3 is 0 Å². The lowest BCUT2D eigenvalue weighted by molar-refractivity contribution is 0.466. The zero-order valence-electron chi connectivity index (χ0n) is 7.51. The van der Waals surface area contributed by atoms with Crippen LogP contribution in [0.1, 0.15) is 18.0 Å². The first kappa shape index (κ1) is 13.8. The maximum absolute atomic E-state index is 13.0. The van der Waals surface area contributed by atoms with Crippen molar-refractivity contribution in [1.29, 1.82) is 5.26 Å². The summed E-state index contributed by atoms with van der Waals surface area (Å²) in [6, 6.07) is 1.97. The number of halogens is 4. The van der Waals surface area contributed by atoms with Crippen LogP contribution in [0, 0.1) is 28.8 Å². The van der Waals surface area contributed by atoms with E-state index < -0.39 is 29.1 Å². The Morgan fingerprint density at radius 1 is 1.27 bits per heavy atom. The Bertz CT molecular complexity index is 390. The number of hydrogen-bond donors (Lipinski definition) is 1. The molecule has 1 atom stereocenters. The van der Waals surface area contributed by atoms with E-state index in [1.807, 2.05) is 0 Å². The lowest BCUT2D eigenvalue weighted by atomic mass is 10.0. The molecule has 0 spiro atoms. The fourth-order valence-corrected chi connectivity index (χ4v) is 1.08. The normalized spacial score (nSPS) is 11.4. The predicted molar refractivity (Wildman–Crippen MR) is 50.7 cm³/mol. The molecule has 0 fully saturated rings. The summed E-state index contributed by atoms with van der Waals surface area (Å²) in [6.45, 7) is 0. The lowest BCUT2D eigenvalue weighted by Gasteiger charge is -2.10. The molecule has 0 heterocycles. The number of rotatable bonds is 2. The summed E-state index contributed by atoms with van der Waals surface area (Å²) in [4.78, 5) is 0. The Balaban J connectivity index is 0.00000196. The van der Waals surface area contributed by atoms with Crippen LogP contribution in [0.25, 0.3) is 0 Å². The minimum Gasteiger partial charge on any atom is -0.323 e. The third kappa shape index (κ3) is 2.85. The average molecular weight is 237 g/mol. The van der Waals surface area contributed by atoms with Crippen LogP contribution in [0.5, 0.6) is 0 Å². The molecule has 0 aromatic heterocycles. The van der Waals surface area contributed by atoms with Gasteiger partial charge in [0.2, 0.25) is 0 Å². The second-order valence-electron chi connectivity index (χ2n) is 2.73. The Morgan fingerprint density at radius 3 is 2.33 bits per heavy atom. The van der Waals surface area contributed by atoms with Crippen molar-refractivity contribution in [2.24, 2.45) is 5.73 Å². The van der Waals surface area contributed by atoms with Gasteiger partial charge in [-0.1, -0.05) is 0 Å². The summed E-state index contributed by atoms with van der Waals surface area (Å²) in [5.41, 5.74) is 4.73. The van der Waals surface area contributed by atoms with E-state index in [-0.39, 0.29) is 18.8 Å². The van der Waals surface area contributed by atoms with Crippen molar-refractivity contribution in [3.8, 4) is 6.07 Å². The fourth-order valence-electron chi connectivity index (χ4n) is 1.08. The molecular weight excluding hydrogens is 229 g/mol. The van der Waals surface area contributed by atoms with Crippen LogP contribution in [0.3, 0.4) is 0 Å². The Kier molecular flexibility index (Phi) is 5.12. The van der Waals surface area contributed by atoms with Crippen LogP contribution < -0.4 is 5.73 Å². The van der Waals surface area contributed by atoms with Crippen LogP contribution in [0.15, 0.2) is 12.1 Å². The molecule has 2 nitrogen and oxygen atoms in total. The van der Waals surface area contributed by atoms with Gasteiger partial charge in [0.25, 0.3) is 0 Å². The summed E-state index contributed by atoms with van der Waals surface area (Å²) in [7, 11) is 0. The van der Waals surface area contributed by atoms with Gasteiger partial charge < -0.3 is 5.73 Å². The number of benzene rings is 1. The summed E-state index contributed by atoms with van der Waals surface area (Å²) < 4.78 is 38.7. The molecule has 0 aliphatic carbocycles. The van der Waals surface area contributed by atoms with E-state index in [1.165, 1.54) is 0 Å². The molecular formula is C9H8ClF3N2. The first-order valence-corrected chi connectivity index (χ1v) is 3.84. The highest BCUT2D eigenvalue weighted by atomic mass is 35.5. The van der Waals surface area contributed by atoms with Gasteiger partial charge in [0.05, 0.1) is 12.5 Å². The van der Waals surface area contributed by atoms with E-state index >= 15 is 0 Å². The zero-order valence-corrected chi connectivity index (χ0v) is 8.32. The Hall–Kier alpha value is -1.25. The maximum Gasteiger partial charge on any atom is 0.166 e. The molecule has 0 unspecified atom stereocenters. The van der Waals surface area contributed by atoms with Crippen molar-refractivity contribution in [3.63, 3.8) is 0 Å². The quantitative estimate of drug-likeness (QED) is 0.802. The Labute approximate surface area is 90.9 Å². The van der Waals surface area contributed by atoms with Crippen LogP contribution in [0.4, 0.5) is 13.2 Å². The van der Waals surface area contributed by atoms with Gasteiger partial charge in [0.15, 0.2) is 11.6 Å². The molecule has 0 saturated carbocycles. The zero-order chi connectivity index (χ0) is 10.7. The molecule has 1 aromatic carbocycles. The molecule has 2 N–H and O–H groups in total. The van der Waals surface area contributed by atoms with E-state index in [4.69, 9.17) is 11.0 Å². The Morgan fingerprint density at radius 2 is 1.80 bits per heavy atom. The molecule has 6 heteroatoms. The van der Waals surface area contributed by atoms with Gasteiger partial charge in [-0.3, -0.25) is 0 Å². The fraction of sp³-hybridized carbons (Fsp3) is 0.222. The van der Waals surface area contributed by atoms with Crippen molar-refractivity contribution >= 4 is 12.4 Å². The van der Waals surface area contributed by atoms with Gasteiger partial charge in [-0.05, 0) is 12.1 Å². The minimum atomic E-state index is -1.33. The first-order valence-electron chi connectivity index (χ1n) is 3.84. The molecule has 0 aliphatic rings. The minimum absolute atomic E-state index is 0. The van der Waals surface area contributed by atoms with Crippen LogP contribution >= 0.6 is 12.4 Å². The van der Waals surface area contributed by atoms with Crippen molar-refractivity contribution < 1.29 is 13.2 Å². The van der Waals surface area contributed by atoms with Gasteiger partial charge in [-0.25, -0.2) is 13.2 Å². The largest absolute Gasteiger partial charge is 0.323 e. The molecule has 0 amide bonds. The molecule has 0 saturated heterocycles. The summed E-state index contributed by atoms with van der Waals surface area (Å²) >= 11 is 0. The van der Waals surface area contributed by atoms with Crippen molar-refractivity contribution in [1.82, 2.24) is 0 Å². The molecule has 82 valence electrons. The molecule has 0 bridgehead atoms. The molecule has 1 aromatic rings. The van der Waals surface area contributed by atoms with Crippen LogP contribution in [-0.2, 0) is 0 Å². The van der Waals surface area contributed by atoms with Gasteiger partial charge in [-0.2, -0.15) is 5.26 Å². The highest BCUT2D eigenvalue weighted by molar-refractivity contribution is 5.85. The van der Waals surface area contributed by atoms with Gasteiger partial charge in [0.1, 0.15) is 5.82 Å². The first-order chi connectivity index (χ1) is 6.57. The second-order valence-corrected chi connectivity index (χ2v) is 2.73. The molecule has 0 aliphatic heterocycles. The highest BCUT2D eigenvalue weighted by Gasteiger charge is 2.19. The third-order valence-electron chi connectivity index (χ3n) is 1.76. The van der Waals surface area contributed by atoms with E-state index in [1.54, 1.807) is 6.07 Å². The summed E-state index contributed by atoms with van der Waals surface area (Å²) in [5, 5.41) is 8.28. The third-order valence-corrected chi connectivity index (χ3v) is 1.76. The molecule has 15 heavy (non-hydrogen) atoms. The van der Waals surface area contributed by atoms with E-state index in [0.717, 1.165) is 6.07 Å². The van der Waals surface area contributed by atoms with Crippen LogP contribution in [-0.4, -0.2) is 0 Å². The maximum atomic E-state index is 13.0. The lowest BCUT2D eigenvalue weighted by Crippen LogP contribution is -2.14. The average Bonchev–Trinajstić information content (AvgIpc) is 2.13. The number of nitriles is 1. The topological polar surface area (TPSA) is 49.8 Å². The number of hydrogen-bond acceptors (Lipinski definition) is 2. The van der Waals surface area contributed by atoms with E-state index in [9.17, 15) is 13.2 Å². The summed E-state index contributed by atoms with van der Waals surface area (Å²) in [6.07, 6.45) is -0.267. The van der Waals surface area contributed by atoms with Gasteiger partial charge in [-0.15, -0.1) is 12.4 Å². The van der Waals surface area contributed by atoms with Crippen molar-refractivity contribution in [2.75, 3.05) is 0 Å². The molecule has 1 rings (SSSR count). The monoisotopic (exact) mass is 236 g/mol. The van der Waals surface area contributed by atoms with E-state index in [2.05, 4.69) is 0 Å². The smallest absolute Gasteiger partial charge is 0.166 e. The predicted octanol–water partition coefficient (Wildman–Crippen LogP) is 2.44. The molecule has 0 radical (unpaired) electrons. The SMILES string of the molecule is Cl.N#CC[C@H](N)c1c(F)ccc(F)c1F.